The van der Waals surface area contributed by atoms with E-state index in [9.17, 15) is 13.2 Å². The molecule has 2 atom stereocenters. The highest BCUT2D eigenvalue weighted by molar-refractivity contribution is 8.01. The average Bonchev–Trinajstić information content (AvgIpc) is 2.72. The summed E-state index contributed by atoms with van der Waals surface area (Å²) in [5.41, 5.74) is 0.621. The van der Waals surface area contributed by atoms with E-state index in [0.717, 1.165) is 4.31 Å². The van der Waals surface area contributed by atoms with E-state index in [2.05, 4.69) is 0 Å². The Labute approximate surface area is 116 Å². The van der Waals surface area contributed by atoms with Crippen LogP contribution in [0, 0.1) is 6.92 Å². The maximum Gasteiger partial charge on any atom is 0.322 e. The normalized spacial score (nSPS) is 24.5. The summed E-state index contributed by atoms with van der Waals surface area (Å²) < 4.78 is 26.4. The van der Waals surface area contributed by atoms with Crippen LogP contribution < -0.4 is 0 Å². The number of carboxylic acids is 1. The van der Waals surface area contributed by atoms with E-state index in [-0.39, 0.29) is 16.0 Å². The number of thioether (sulfide) groups is 1. The van der Waals surface area contributed by atoms with Gasteiger partial charge in [-0.05, 0) is 25.5 Å². The molecule has 1 aromatic rings. The number of hydrogen-bond acceptors (Lipinski definition) is 4. The van der Waals surface area contributed by atoms with Gasteiger partial charge in [-0.25, -0.2) is 8.42 Å². The summed E-state index contributed by atoms with van der Waals surface area (Å²) in [5.74, 6) is -0.823. The van der Waals surface area contributed by atoms with Crippen molar-refractivity contribution in [2.24, 2.45) is 0 Å². The third-order valence-electron chi connectivity index (χ3n) is 3.09. The van der Waals surface area contributed by atoms with Crippen LogP contribution in [0.25, 0.3) is 0 Å². The number of rotatable bonds is 3. The quantitative estimate of drug-likeness (QED) is 0.916. The Morgan fingerprint density at radius 1 is 1.42 bits per heavy atom. The molecule has 0 radical (unpaired) electrons. The molecule has 1 N–H and O–H groups in total. The van der Waals surface area contributed by atoms with E-state index in [0.29, 0.717) is 5.56 Å². The third kappa shape index (κ3) is 2.50. The van der Waals surface area contributed by atoms with Crippen molar-refractivity contribution in [1.82, 2.24) is 4.31 Å². The minimum absolute atomic E-state index is 0.176. The lowest BCUT2D eigenvalue weighted by atomic mass is 10.2. The Balaban J connectivity index is 2.50. The molecule has 1 saturated heterocycles. The van der Waals surface area contributed by atoms with Gasteiger partial charge in [0.15, 0.2) is 0 Å². The van der Waals surface area contributed by atoms with Crippen LogP contribution >= 0.6 is 11.8 Å². The first-order valence-electron chi connectivity index (χ1n) is 5.79. The van der Waals surface area contributed by atoms with Gasteiger partial charge in [-0.1, -0.05) is 18.2 Å². The number of hydrogen-bond donors (Lipinski definition) is 1. The number of benzene rings is 1. The predicted molar refractivity (Wildman–Crippen MR) is 73.5 cm³/mol. The van der Waals surface area contributed by atoms with Crippen molar-refractivity contribution < 1.29 is 18.3 Å². The van der Waals surface area contributed by atoms with Gasteiger partial charge < -0.3 is 5.11 Å². The largest absolute Gasteiger partial charge is 0.480 e. The van der Waals surface area contributed by atoms with Crippen LogP contribution in [0.4, 0.5) is 0 Å². The second-order valence-corrected chi connectivity index (χ2v) is 7.55. The van der Waals surface area contributed by atoms with Crippen LogP contribution in [0.3, 0.4) is 0 Å². The first-order valence-corrected chi connectivity index (χ1v) is 8.28. The zero-order chi connectivity index (χ0) is 14.2. The summed E-state index contributed by atoms with van der Waals surface area (Å²) in [7, 11) is -3.78. The van der Waals surface area contributed by atoms with Crippen molar-refractivity contribution >= 4 is 27.8 Å². The monoisotopic (exact) mass is 301 g/mol. The number of carbonyl (C=O) groups is 1. The van der Waals surface area contributed by atoms with Crippen LogP contribution in [0.15, 0.2) is 29.2 Å². The fourth-order valence-corrected chi connectivity index (χ4v) is 5.65. The maximum atomic E-state index is 12.6. The average molecular weight is 301 g/mol. The lowest BCUT2D eigenvalue weighted by Gasteiger charge is -2.24. The summed E-state index contributed by atoms with van der Waals surface area (Å²) in [4.78, 5) is 11.4. The van der Waals surface area contributed by atoms with Crippen molar-refractivity contribution in [2.75, 3.05) is 5.75 Å². The SMILES string of the molecule is Cc1ccccc1S(=O)(=O)N1C(C)SCC1C(=O)O. The Morgan fingerprint density at radius 2 is 2.05 bits per heavy atom. The minimum atomic E-state index is -3.78. The number of nitrogens with zero attached hydrogens (tertiary/aromatic N) is 1. The second kappa shape index (κ2) is 5.15. The molecule has 1 fully saturated rings. The highest BCUT2D eigenvalue weighted by Crippen LogP contribution is 2.35. The lowest BCUT2D eigenvalue weighted by Crippen LogP contribution is -2.44. The van der Waals surface area contributed by atoms with Crippen LogP contribution in [-0.2, 0) is 14.8 Å². The summed E-state index contributed by atoms with van der Waals surface area (Å²) in [6.45, 7) is 3.42. The standard InChI is InChI=1S/C12H15NO4S2/c1-8-5-3-4-6-11(8)19(16,17)13-9(2)18-7-10(13)12(14)15/h3-6,9-10H,7H2,1-2H3,(H,14,15). The van der Waals surface area contributed by atoms with E-state index in [1.807, 2.05) is 0 Å². The fourth-order valence-electron chi connectivity index (χ4n) is 2.13. The Hall–Kier alpha value is -1.05. The van der Waals surface area contributed by atoms with Crippen LogP contribution in [0.5, 0.6) is 0 Å². The van der Waals surface area contributed by atoms with Gasteiger partial charge in [-0.3, -0.25) is 4.79 Å². The number of sulfonamides is 1. The van der Waals surface area contributed by atoms with Gasteiger partial charge in [0.25, 0.3) is 0 Å². The van der Waals surface area contributed by atoms with Crippen molar-refractivity contribution in [3.05, 3.63) is 29.8 Å². The van der Waals surface area contributed by atoms with Crippen LogP contribution in [-0.4, -0.2) is 41.0 Å². The van der Waals surface area contributed by atoms with Gasteiger partial charge in [-0.2, -0.15) is 4.31 Å². The molecule has 0 amide bonds. The molecule has 0 spiro atoms. The molecular formula is C12H15NO4S2. The van der Waals surface area contributed by atoms with Gasteiger partial charge in [0.2, 0.25) is 10.0 Å². The zero-order valence-corrected chi connectivity index (χ0v) is 12.2. The molecule has 1 heterocycles. The molecule has 5 nitrogen and oxygen atoms in total. The topological polar surface area (TPSA) is 74.7 Å². The molecule has 1 aliphatic heterocycles. The molecule has 104 valence electrons. The van der Waals surface area contributed by atoms with Crippen LogP contribution in [0.1, 0.15) is 12.5 Å². The Morgan fingerprint density at radius 3 is 2.63 bits per heavy atom. The molecule has 0 aromatic heterocycles. The molecule has 0 saturated carbocycles. The first kappa shape index (κ1) is 14.4. The molecule has 1 aliphatic rings. The van der Waals surface area contributed by atoms with Gasteiger partial charge >= 0.3 is 5.97 Å². The highest BCUT2D eigenvalue weighted by atomic mass is 32.2. The summed E-state index contributed by atoms with van der Waals surface area (Å²) in [6, 6.07) is 5.62. The van der Waals surface area contributed by atoms with Gasteiger partial charge in [0.05, 0.1) is 10.3 Å². The molecule has 1 aromatic carbocycles. The van der Waals surface area contributed by atoms with Gasteiger partial charge in [0.1, 0.15) is 6.04 Å². The Bertz CT molecular complexity index is 600. The van der Waals surface area contributed by atoms with E-state index < -0.39 is 22.0 Å². The molecule has 0 bridgehead atoms. The second-order valence-electron chi connectivity index (χ2n) is 4.39. The van der Waals surface area contributed by atoms with E-state index >= 15 is 0 Å². The van der Waals surface area contributed by atoms with Crippen molar-refractivity contribution in [3.8, 4) is 0 Å². The smallest absolute Gasteiger partial charge is 0.322 e. The molecule has 2 rings (SSSR count). The summed E-state index contributed by atoms with van der Waals surface area (Å²) >= 11 is 1.34. The summed E-state index contributed by atoms with van der Waals surface area (Å²) in [6.07, 6.45) is 0. The molecule has 19 heavy (non-hydrogen) atoms. The van der Waals surface area contributed by atoms with E-state index in [1.54, 1.807) is 32.0 Å². The maximum absolute atomic E-state index is 12.6. The third-order valence-corrected chi connectivity index (χ3v) is 6.59. The Kier molecular flexibility index (Phi) is 3.89. The highest BCUT2D eigenvalue weighted by Gasteiger charge is 2.44. The first-order chi connectivity index (χ1) is 8.85. The van der Waals surface area contributed by atoms with Crippen LogP contribution in [0.2, 0.25) is 0 Å². The van der Waals surface area contributed by atoms with E-state index in [4.69, 9.17) is 5.11 Å². The zero-order valence-electron chi connectivity index (χ0n) is 10.6. The lowest BCUT2D eigenvalue weighted by molar-refractivity contribution is -0.140. The van der Waals surface area contributed by atoms with Gasteiger partial charge in [0, 0.05) is 5.75 Å². The van der Waals surface area contributed by atoms with Crippen molar-refractivity contribution in [3.63, 3.8) is 0 Å². The van der Waals surface area contributed by atoms with Crippen molar-refractivity contribution in [1.29, 1.82) is 0 Å². The molecule has 0 aliphatic carbocycles. The fraction of sp³-hybridized carbons (Fsp3) is 0.417. The number of carboxylic acid groups (broad SMARTS) is 1. The van der Waals surface area contributed by atoms with Gasteiger partial charge in [-0.15, -0.1) is 11.8 Å². The van der Waals surface area contributed by atoms with Crippen molar-refractivity contribution in [2.45, 2.75) is 30.2 Å². The number of aliphatic carboxylic acids is 1. The summed E-state index contributed by atoms with van der Waals surface area (Å²) in [5, 5.41) is 8.79. The molecular weight excluding hydrogens is 286 g/mol. The predicted octanol–water partition coefficient (Wildman–Crippen LogP) is 1.53. The molecule has 2 unspecified atom stereocenters. The molecule has 7 heteroatoms. The minimum Gasteiger partial charge on any atom is -0.480 e. The van der Waals surface area contributed by atoms with E-state index in [1.165, 1.54) is 17.8 Å². The number of aryl methyl sites for hydroxylation is 1.